The van der Waals surface area contributed by atoms with Gasteiger partial charge in [-0.15, -0.1) is 0 Å². The van der Waals surface area contributed by atoms with Crippen molar-refractivity contribution in [2.45, 2.75) is 50.5 Å². The quantitative estimate of drug-likeness (QED) is 0.278. The van der Waals surface area contributed by atoms with Crippen molar-refractivity contribution in [2.24, 2.45) is 17.8 Å². The summed E-state index contributed by atoms with van der Waals surface area (Å²) >= 11 is 3.56. The molecule has 194 valence electrons. The number of rotatable bonds is 6. The molecule has 2 aromatic heterocycles. The molecular formula is C30H29BrFN5O. The van der Waals surface area contributed by atoms with Crippen molar-refractivity contribution < 1.29 is 9.18 Å². The van der Waals surface area contributed by atoms with Crippen molar-refractivity contribution in [3.8, 4) is 5.69 Å². The predicted molar refractivity (Wildman–Crippen MR) is 147 cm³/mol. The zero-order chi connectivity index (χ0) is 25.9. The standard InChI is InChI=1S/C30H29BrFN5O/c31-26-18-36(16-19-6-8-23(32)9-7-19)35-28(26)33-29(38)25-17-37(24-4-2-1-3-5-24)34-27(25)30-13-20-10-21(14-30)12-22(11-20)15-30/h1-9,17-18,20-22H,10-16H2,(H,33,35,38). The Balaban J connectivity index is 1.21. The van der Waals surface area contributed by atoms with E-state index in [1.807, 2.05) is 47.4 Å². The van der Waals surface area contributed by atoms with Crippen LogP contribution in [0, 0.1) is 23.6 Å². The van der Waals surface area contributed by atoms with Crippen LogP contribution in [0.15, 0.2) is 71.5 Å². The maximum absolute atomic E-state index is 13.9. The van der Waals surface area contributed by atoms with E-state index >= 15 is 0 Å². The summed E-state index contributed by atoms with van der Waals surface area (Å²) in [5.74, 6) is 2.24. The first-order valence-electron chi connectivity index (χ1n) is 13.4. The Labute approximate surface area is 229 Å². The summed E-state index contributed by atoms with van der Waals surface area (Å²) in [4.78, 5) is 13.9. The van der Waals surface area contributed by atoms with Crippen molar-refractivity contribution in [1.29, 1.82) is 0 Å². The molecule has 0 unspecified atom stereocenters. The van der Waals surface area contributed by atoms with Gasteiger partial charge in [-0.25, -0.2) is 9.07 Å². The number of hydrogen-bond donors (Lipinski definition) is 1. The first kappa shape index (κ1) is 23.8. The fourth-order valence-electron chi connectivity index (χ4n) is 7.56. The summed E-state index contributed by atoms with van der Waals surface area (Å²) in [7, 11) is 0. The minimum Gasteiger partial charge on any atom is -0.304 e. The molecule has 0 atom stereocenters. The van der Waals surface area contributed by atoms with E-state index in [0.29, 0.717) is 22.4 Å². The van der Waals surface area contributed by atoms with Gasteiger partial charge < -0.3 is 5.32 Å². The Morgan fingerprint density at radius 3 is 2.26 bits per heavy atom. The zero-order valence-electron chi connectivity index (χ0n) is 21.0. The van der Waals surface area contributed by atoms with Crippen LogP contribution in [0.4, 0.5) is 10.2 Å². The van der Waals surface area contributed by atoms with Crippen molar-refractivity contribution in [3.63, 3.8) is 0 Å². The fraction of sp³-hybridized carbons (Fsp3) is 0.367. The molecule has 4 aromatic rings. The molecule has 2 heterocycles. The van der Waals surface area contributed by atoms with Crippen LogP contribution in [0.3, 0.4) is 0 Å². The predicted octanol–water partition coefficient (Wildman–Crippen LogP) is 6.74. The lowest BCUT2D eigenvalue weighted by molar-refractivity contribution is -0.00765. The van der Waals surface area contributed by atoms with Crippen LogP contribution in [-0.4, -0.2) is 25.5 Å². The lowest BCUT2D eigenvalue weighted by Crippen LogP contribution is -2.49. The van der Waals surface area contributed by atoms with Crippen LogP contribution in [0.1, 0.15) is 60.1 Å². The largest absolute Gasteiger partial charge is 0.304 e. The molecule has 2 aromatic carbocycles. The molecule has 4 fully saturated rings. The van der Waals surface area contributed by atoms with Crippen LogP contribution in [-0.2, 0) is 12.0 Å². The molecule has 0 spiro atoms. The van der Waals surface area contributed by atoms with Crippen LogP contribution in [0.25, 0.3) is 5.69 Å². The Morgan fingerprint density at radius 1 is 0.947 bits per heavy atom. The van der Waals surface area contributed by atoms with E-state index in [2.05, 4.69) is 26.3 Å². The average molecular weight is 574 g/mol. The second-order valence-corrected chi connectivity index (χ2v) is 12.3. The number of carbonyl (C=O) groups is 1. The highest BCUT2D eigenvalue weighted by Crippen LogP contribution is 2.61. The summed E-state index contributed by atoms with van der Waals surface area (Å²) in [6.07, 6.45) is 11.1. The van der Waals surface area contributed by atoms with Crippen LogP contribution < -0.4 is 5.32 Å². The van der Waals surface area contributed by atoms with E-state index < -0.39 is 0 Å². The Hall–Kier alpha value is -3.26. The highest BCUT2D eigenvalue weighted by Gasteiger charge is 2.54. The molecule has 8 rings (SSSR count). The molecular weight excluding hydrogens is 545 g/mol. The van der Waals surface area contributed by atoms with Gasteiger partial charge in [0.2, 0.25) is 0 Å². The summed E-state index contributed by atoms with van der Waals surface area (Å²) in [6, 6.07) is 16.4. The van der Waals surface area contributed by atoms with Gasteiger partial charge in [-0.3, -0.25) is 9.48 Å². The first-order chi connectivity index (χ1) is 18.4. The summed E-state index contributed by atoms with van der Waals surface area (Å²) < 4.78 is 17.6. The molecule has 0 radical (unpaired) electrons. The SMILES string of the molecule is O=C(Nc1nn(Cc2ccc(F)cc2)cc1Br)c1cn(-c2ccccc2)nc1C12CC3CC(CC(C3)C1)C2. The lowest BCUT2D eigenvalue weighted by atomic mass is 9.48. The number of carbonyl (C=O) groups excluding carboxylic acids is 1. The second-order valence-electron chi connectivity index (χ2n) is 11.5. The number of aromatic nitrogens is 4. The normalized spacial score (nSPS) is 25.6. The number of halogens is 2. The van der Waals surface area contributed by atoms with Crippen LogP contribution >= 0.6 is 15.9 Å². The molecule has 1 N–H and O–H groups in total. The second kappa shape index (κ2) is 9.19. The van der Waals surface area contributed by atoms with Gasteiger partial charge in [0.25, 0.3) is 5.91 Å². The van der Waals surface area contributed by atoms with Gasteiger partial charge in [0, 0.05) is 17.8 Å². The monoisotopic (exact) mass is 573 g/mol. The molecule has 0 aliphatic heterocycles. The van der Waals surface area contributed by atoms with Crippen molar-refractivity contribution >= 4 is 27.7 Å². The fourth-order valence-corrected chi connectivity index (χ4v) is 7.97. The third-order valence-corrected chi connectivity index (χ3v) is 9.31. The van der Waals surface area contributed by atoms with E-state index in [1.54, 1.807) is 16.8 Å². The molecule has 6 nitrogen and oxygen atoms in total. The smallest absolute Gasteiger partial charge is 0.260 e. The van der Waals surface area contributed by atoms with Crippen molar-refractivity contribution in [3.05, 3.63) is 94.1 Å². The minimum absolute atomic E-state index is 0.0272. The number of nitrogens with zero attached hydrogens (tertiary/aromatic N) is 4. The zero-order valence-corrected chi connectivity index (χ0v) is 22.6. The van der Waals surface area contributed by atoms with E-state index in [0.717, 1.165) is 54.0 Å². The van der Waals surface area contributed by atoms with Crippen LogP contribution in [0.2, 0.25) is 0 Å². The van der Waals surface area contributed by atoms with E-state index in [-0.39, 0.29) is 17.1 Å². The lowest BCUT2D eigenvalue weighted by Gasteiger charge is -2.56. The number of amides is 1. The van der Waals surface area contributed by atoms with Gasteiger partial charge in [0.1, 0.15) is 5.82 Å². The van der Waals surface area contributed by atoms with Gasteiger partial charge >= 0.3 is 0 Å². The highest BCUT2D eigenvalue weighted by molar-refractivity contribution is 9.10. The van der Waals surface area contributed by atoms with E-state index in [9.17, 15) is 9.18 Å². The molecule has 4 saturated carbocycles. The number of para-hydroxylation sites is 1. The maximum atomic E-state index is 13.9. The molecule has 4 aliphatic rings. The van der Waals surface area contributed by atoms with Gasteiger partial charge in [-0.1, -0.05) is 30.3 Å². The van der Waals surface area contributed by atoms with Gasteiger partial charge in [-0.2, -0.15) is 10.2 Å². The van der Waals surface area contributed by atoms with Crippen molar-refractivity contribution in [2.75, 3.05) is 5.32 Å². The van der Waals surface area contributed by atoms with Crippen molar-refractivity contribution in [1.82, 2.24) is 19.6 Å². The van der Waals surface area contributed by atoms with E-state index in [4.69, 9.17) is 5.10 Å². The molecule has 4 bridgehead atoms. The number of nitrogens with one attached hydrogen (secondary N) is 1. The number of anilines is 1. The Kier molecular flexibility index (Phi) is 5.76. The third kappa shape index (κ3) is 4.28. The molecule has 0 saturated heterocycles. The van der Waals surface area contributed by atoms with Crippen LogP contribution in [0.5, 0.6) is 0 Å². The van der Waals surface area contributed by atoms with E-state index in [1.165, 1.54) is 31.4 Å². The van der Waals surface area contributed by atoms with Gasteiger partial charge in [0.15, 0.2) is 5.82 Å². The minimum atomic E-state index is -0.269. The summed E-state index contributed by atoms with van der Waals surface area (Å²) in [5, 5.41) is 12.8. The maximum Gasteiger partial charge on any atom is 0.260 e. The molecule has 4 aliphatic carbocycles. The molecule has 1 amide bonds. The number of benzene rings is 2. The topological polar surface area (TPSA) is 64.7 Å². The van der Waals surface area contributed by atoms with Gasteiger partial charge in [-0.05, 0) is 102 Å². The third-order valence-electron chi connectivity index (χ3n) is 8.73. The van der Waals surface area contributed by atoms with Gasteiger partial charge in [0.05, 0.1) is 28.0 Å². The Bertz CT molecular complexity index is 1460. The Morgan fingerprint density at radius 2 is 1.61 bits per heavy atom. The number of hydrogen-bond acceptors (Lipinski definition) is 3. The summed E-state index contributed by atoms with van der Waals surface area (Å²) in [5.41, 5.74) is 3.42. The average Bonchev–Trinajstić information content (AvgIpc) is 3.50. The first-order valence-corrected chi connectivity index (χ1v) is 14.2. The molecule has 38 heavy (non-hydrogen) atoms. The summed E-state index contributed by atoms with van der Waals surface area (Å²) in [6.45, 7) is 0.471. The highest BCUT2D eigenvalue weighted by atomic mass is 79.9. The molecule has 8 heteroatoms.